The molecule has 0 heterocycles. The zero-order valence-corrected chi connectivity index (χ0v) is 15.5. The molecule has 0 aliphatic carbocycles. The largest absolute Gasteiger partial charge is 0.495 e. The maximum absolute atomic E-state index is 11.9. The molecule has 25 heavy (non-hydrogen) atoms. The van der Waals surface area contributed by atoms with Crippen molar-refractivity contribution in [2.24, 2.45) is 0 Å². The molecule has 0 aliphatic rings. The van der Waals surface area contributed by atoms with E-state index in [0.717, 1.165) is 24.1 Å². The smallest absolute Gasteiger partial charge is 0.221 e. The fourth-order valence-electron chi connectivity index (χ4n) is 2.53. The summed E-state index contributed by atoms with van der Waals surface area (Å²) in [5.41, 5.74) is 3.11. The highest BCUT2D eigenvalue weighted by atomic mass is 35.5. The van der Waals surface area contributed by atoms with Gasteiger partial charge in [0, 0.05) is 30.6 Å². The average molecular weight is 361 g/mol. The Kier molecular flexibility index (Phi) is 7.61. The fourth-order valence-corrected chi connectivity index (χ4v) is 2.69. The number of halogens is 1. The Labute approximate surface area is 154 Å². The summed E-state index contributed by atoms with van der Waals surface area (Å²) in [6.07, 6.45) is 2.32. The molecule has 0 saturated carbocycles. The molecule has 0 aromatic heterocycles. The van der Waals surface area contributed by atoms with Crippen molar-refractivity contribution in [3.8, 4) is 5.75 Å². The van der Waals surface area contributed by atoms with E-state index in [2.05, 4.69) is 22.8 Å². The maximum Gasteiger partial charge on any atom is 0.221 e. The molecular formula is C20H25ClN2O2. The Hall–Kier alpha value is -2.20. The van der Waals surface area contributed by atoms with Crippen LogP contribution in [0.15, 0.2) is 42.5 Å². The first-order valence-corrected chi connectivity index (χ1v) is 8.86. The van der Waals surface area contributed by atoms with Crippen molar-refractivity contribution in [2.45, 2.75) is 26.2 Å². The molecule has 0 unspecified atom stereocenters. The van der Waals surface area contributed by atoms with Crippen LogP contribution in [0.5, 0.6) is 5.75 Å². The third-order valence-electron chi connectivity index (χ3n) is 3.96. The van der Waals surface area contributed by atoms with Gasteiger partial charge < -0.3 is 15.4 Å². The third kappa shape index (κ3) is 6.31. The summed E-state index contributed by atoms with van der Waals surface area (Å²) in [6, 6.07) is 14.0. The Morgan fingerprint density at radius 3 is 2.64 bits per heavy atom. The highest BCUT2D eigenvalue weighted by molar-refractivity contribution is 6.31. The van der Waals surface area contributed by atoms with Crippen molar-refractivity contribution in [1.29, 1.82) is 0 Å². The second-order valence-electron chi connectivity index (χ2n) is 5.92. The Morgan fingerprint density at radius 2 is 1.92 bits per heavy atom. The molecule has 4 nitrogen and oxygen atoms in total. The van der Waals surface area contributed by atoms with Crippen LogP contribution < -0.4 is 15.4 Å². The fraction of sp³-hybridized carbons (Fsp3) is 0.350. The van der Waals surface area contributed by atoms with Crippen LogP contribution in [-0.2, 0) is 11.2 Å². The van der Waals surface area contributed by atoms with Crippen molar-refractivity contribution in [3.05, 3.63) is 58.6 Å². The summed E-state index contributed by atoms with van der Waals surface area (Å²) in [7, 11) is 1.60. The number of hydrogen-bond acceptors (Lipinski definition) is 3. The van der Waals surface area contributed by atoms with Crippen molar-refractivity contribution in [3.63, 3.8) is 0 Å². The standard InChI is InChI=1S/C20H25ClN2O2/c1-15-13-18(19(25-2)14-17(15)21)22-12-10-20(24)23-11-6-9-16-7-4-3-5-8-16/h3-5,7-8,13-14,22H,6,9-12H2,1-2H3,(H,23,24). The van der Waals surface area contributed by atoms with Crippen LogP contribution in [0.2, 0.25) is 5.02 Å². The molecule has 5 heteroatoms. The maximum atomic E-state index is 11.9. The van der Waals surface area contributed by atoms with Gasteiger partial charge in [-0.05, 0) is 37.0 Å². The van der Waals surface area contributed by atoms with E-state index >= 15 is 0 Å². The van der Waals surface area contributed by atoms with Crippen LogP contribution >= 0.6 is 11.6 Å². The number of anilines is 1. The van der Waals surface area contributed by atoms with E-state index in [0.29, 0.717) is 30.3 Å². The topological polar surface area (TPSA) is 50.4 Å². The van der Waals surface area contributed by atoms with Crippen LogP contribution in [0, 0.1) is 6.92 Å². The Bertz CT molecular complexity index is 690. The van der Waals surface area contributed by atoms with Gasteiger partial charge in [-0.2, -0.15) is 0 Å². The first-order chi connectivity index (χ1) is 12.1. The van der Waals surface area contributed by atoms with E-state index in [1.165, 1.54) is 5.56 Å². The van der Waals surface area contributed by atoms with E-state index in [-0.39, 0.29) is 5.91 Å². The van der Waals surface area contributed by atoms with E-state index in [4.69, 9.17) is 16.3 Å². The van der Waals surface area contributed by atoms with E-state index < -0.39 is 0 Å². The summed E-state index contributed by atoms with van der Waals surface area (Å²) < 4.78 is 5.31. The van der Waals surface area contributed by atoms with Gasteiger partial charge in [0.15, 0.2) is 0 Å². The number of hydrogen-bond donors (Lipinski definition) is 2. The van der Waals surface area contributed by atoms with E-state index in [1.807, 2.05) is 31.2 Å². The lowest BCUT2D eigenvalue weighted by molar-refractivity contribution is -0.120. The Morgan fingerprint density at radius 1 is 1.16 bits per heavy atom. The number of methoxy groups -OCH3 is 1. The number of carbonyl (C=O) groups is 1. The lowest BCUT2D eigenvalue weighted by Gasteiger charge is -2.13. The van der Waals surface area contributed by atoms with Crippen LogP contribution in [0.1, 0.15) is 24.0 Å². The van der Waals surface area contributed by atoms with Crippen molar-refractivity contribution in [1.82, 2.24) is 5.32 Å². The van der Waals surface area contributed by atoms with Crippen LogP contribution in [0.25, 0.3) is 0 Å². The van der Waals surface area contributed by atoms with Gasteiger partial charge in [0.1, 0.15) is 5.75 Å². The summed E-state index contributed by atoms with van der Waals surface area (Å²) in [5, 5.41) is 6.86. The lowest BCUT2D eigenvalue weighted by Crippen LogP contribution is -2.26. The molecule has 2 rings (SSSR count). The first-order valence-electron chi connectivity index (χ1n) is 8.49. The molecule has 0 saturated heterocycles. The molecule has 134 valence electrons. The highest BCUT2D eigenvalue weighted by Gasteiger charge is 2.07. The summed E-state index contributed by atoms with van der Waals surface area (Å²) in [4.78, 5) is 11.9. The number of ether oxygens (including phenoxy) is 1. The molecule has 0 fully saturated rings. The monoisotopic (exact) mass is 360 g/mol. The Balaban J connectivity index is 1.68. The van der Waals surface area contributed by atoms with Gasteiger partial charge in [-0.3, -0.25) is 4.79 Å². The second kappa shape index (κ2) is 9.94. The molecule has 2 N–H and O–H groups in total. The highest BCUT2D eigenvalue weighted by Crippen LogP contribution is 2.30. The second-order valence-corrected chi connectivity index (χ2v) is 6.32. The number of rotatable bonds is 9. The summed E-state index contributed by atoms with van der Waals surface area (Å²) in [6.45, 7) is 3.17. The minimum absolute atomic E-state index is 0.0465. The molecule has 2 aromatic carbocycles. The quantitative estimate of drug-likeness (QED) is 0.659. The van der Waals surface area contributed by atoms with Crippen LogP contribution in [0.3, 0.4) is 0 Å². The molecular weight excluding hydrogens is 336 g/mol. The molecule has 0 radical (unpaired) electrons. The minimum Gasteiger partial charge on any atom is -0.495 e. The number of aryl methyl sites for hydroxylation is 2. The lowest BCUT2D eigenvalue weighted by atomic mass is 10.1. The van der Waals surface area contributed by atoms with Gasteiger partial charge in [-0.25, -0.2) is 0 Å². The molecule has 0 bridgehead atoms. The van der Waals surface area contributed by atoms with E-state index in [1.54, 1.807) is 13.2 Å². The first kappa shape index (κ1) is 19.1. The predicted octanol–water partition coefficient (Wildman–Crippen LogP) is 4.21. The van der Waals surface area contributed by atoms with Gasteiger partial charge in [-0.1, -0.05) is 41.9 Å². The zero-order valence-electron chi connectivity index (χ0n) is 14.8. The summed E-state index contributed by atoms with van der Waals surface area (Å²) in [5.74, 6) is 0.726. The zero-order chi connectivity index (χ0) is 18.1. The molecule has 2 aromatic rings. The number of nitrogens with one attached hydrogen (secondary N) is 2. The van der Waals surface area contributed by atoms with Crippen molar-refractivity contribution < 1.29 is 9.53 Å². The van der Waals surface area contributed by atoms with Crippen LogP contribution in [-0.4, -0.2) is 26.1 Å². The van der Waals surface area contributed by atoms with Gasteiger partial charge in [0.2, 0.25) is 5.91 Å². The van der Waals surface area contributed by atoms with Gasteiger partial charge in [-0.15, -0.1) is 0 Å². The molecule has 0 atom stereocenters. The number of benzene rings is 2. The third-order valence-corrected chi connectivity index (χ3v) is 4.36. The summed E-state index contributed by atoms with van der Waals surface area (Å²) >= 11 is 6.09. The average Bonchev–Trinajstić information content (AvgIpc) is 2.62. The van der Waals surface area contributed by atoms with E-state index in [9.17, 15) is 4.79 Å². The van der Waals surface area contributed by atoms with Gasteiger partial charge in [0.05, 0.1) is 12.8 Å². The van der Waals surface area contributed by atoms with Gasteiger partial charge in [0.25, 0.3) is 0 Å². The van der Waals surface area contributed by atoms with Crippen molar-refractivity contribution >= 4 is 23.2 Å². The minimum atomic E-state index is 0.0465. The van der Waals surface area contributed by atoms with Crippen molar-refractivity contribution in [2.75, 3.05) is 25.5 Å². The number of carbonyl (C=O) groups excluding carboxylic acids is 1. The molecule has 0 aliphatic heterocycles. The normalized spacial score (nSPS) is 10.4. The number of amides is 1. The molecule has 0 spiro atoms. The van der Waals surface area contributed by atoms with Crippen LogP contribution in [0.4, 0.5) is 5.69 Å². The van der Waals surface area contributed by atoms with Gasteiger partial charge >= 0.3 is 0 Å². The predicted molar refractivity (Wildman–Crippen MR) is 104 cm³/mol. The SMILES string of the molecule is COc1cc(Cl)c(C)cc1NCCC(=O)NCCCc1ccccc1. The molecule has 1 amide bonds.